The molecule has 0 bridgehead atoms. The number of ether oxygens (including phenoxy) is 1. The zero-order valence-corrected chi connectivity index (χ0v) is 17.3. The van der Waals surface area contributed by atoms with Crippen LogP contribution in [0.4, 0.5) is 10.2 Å². The predicted octanol–water partition coefficient (Wildman–Crippen LogP) is 3.91. The van der Waals surface area contributed by atoms with Gasteiger partial charge in [0, 0.05) is 43.4 Å². The molecule has 2 aliphatic rings. The van der Waals surface area contributed by atoms with E-state index in [0.717, 1.165) is 25.0 Å². The van der Waals surface area contributed by atoms with E-state index < -0.39 is 11.8 Å². The molecule has 0 radical (unpaired) electrons. The summed E-state index contributed by atoms with van der Waals surface area (Å²) in [7, 11) is 1.67. The van der Waals surface area contributed by atoms with Gasteiger partial charge in [-0.3, -0.25) is 9.78 Å². The van der Waals surface area contributed by atoms with E-state index >= 15 is 0 Å². The molecule has 2 aromatic heterocycles. The van der Waals surface area contributed by atoms with Crippen LogP contribution in [0.25, 0.3) is 22.2 Å². The van der Waals surface area contributed by atoms with Crippen molar-refractivity contribution in [2.75, 3.05) is 25.2 Å². The zero-order chi connectivity index (χ0) is 21.5. The van der Waals surface area contributed by atoms with Crippen LogP contribution in [0, 0.1) is 17.7 Å². The Morgan fingerprint density at radius 1 is 1.42 bits per heavy atom. The van der Waals surface area contributed by atoms with Gasteiger partial charge < -0.3 is 19.2 Å². The molecule has 1 N–H and O–H groups in total. The minimum absolute atomic E-state index is 0.131. The fraction of sp³-hybridized carbons (Fsp3) is 0.435. The number of piperidine rings is 1. The Balaban J connectivity index is 1.54. The number of furan rings is 1. The second-order valence-electron chi connectivity index (χ2n) is 8.32. The quantitative estimate of drug-likeness (QED) is 0.574. The smallest absolute Gasteiger partial charge is 0.306 e. The standard InChI is InChI=1S/C23H24FN3O4/c1-30-7-2-3-15-12-25-20(14-9-13-5-8-31-21(13)18(24)10-14)22(26-15)27-6-4-16(23(28)29)17-11-19(17)27/h5,8-10,12,16-17,19H,2-4,6-7,11H2,1H3,(H,28,29). The van der Waals surface area contributed by atoms with Gasteiger partial charge in [-0.15, -0.1) is 0 Å². The summed E-state index contributed by atoms with van der Waals surface area (Å²) in [5.41, 5.74) is 2.31. The number of carboxylic acid groups (broad SMARTS) is 1. The SMILES string of the molecule is COCCCc1cnc(-c2cc(F)c3occc3c2)c(N2CCC(C(=O)O)C3CC32)n1. The van der Waals surface area contributed by atoms with Gasteiger partial charge in [0.2, 0.25) is 0 Å². The van der Waals surface area contributed by atoms with E-state index in [0.29, 0.717) is 42.0 Å². The number of carboxylic acids is 1. The number of carbonyl (C=O) groups is 1. The number of hydrogen-bond acceptors (Lipinski definition) is 6. The molecule has 1 saturated heterocycles. The first-order chi connectivity index (χ1) is 15.1. The number of methoxy groups -OCH3 is 1. The highest BCUT2D eigenvalue weighted by Gasteiger charge is 2.53. The molecule has 31 heavy (non-hydrogen) atoms. The third-order valence-corrected chi connectivity index (χ3v) is 6.36. The third-order valence-electron chi connectivity index (χ3n) is 6.36. The molecule has 1 aliphatic carbocycles. The lowest BCUT2D eigenvalue weighted by Crippen LogP contribution is -2.38. The molecule has 1 aliphatic heterocycles. The van der Waals surface area contributed by atoms with Crippen molar-refractivity contribution in [1.29, 1.82) is 0 Å². The topological polar surface area (TPSA) is 88.7 Å². The molecule has 3 aromatic rings. The summed E-state index contributed by atoms with van der Waals surface area (Å²) in [5, 5.41) is 10.2. The van der Waals surface area contributed by atoms with Gasteiger partial charge in [-0.05, 0) is 49.8 Å². The number of anilines is 1. The van der Waals surface area contributed by atoms with Crippen molar-refractivity contribution in [1.82, 2.24) is 9.97 Å². The Morgan fingerprint density at radius 2 is 2.29 bits per heavy atom. The Kier molecular flexibility index (Phi) is 5.09. The largest absolute Gasteiger partial charge is 0.481 e. The highest BCUT2D eigenvalue weighted by atomic mass is 19.1. The van der Waals surface area contributed by atoms with Crippen LogP contribution >= 0.6 is 0 Å². The first-order valence-electron chi connectivity index (χ1n) is 10.6. The minimum atomic E-state index is -0.723. The second-order valence-corrected chi connectivity index (χ2v) is 8.32. The van der Waals surface area contributed by atoms with E-state index in [9.17, 15) is 14.3 Å². The molecule has 0 amide bonds. The lowest BCUT2D eigenvalue weighted by molar-refractivity contribution is -0.143. The normalized spacial score (nSPS) is 22.5. The van der Waals surface area contributed by atoms with Crippen molar-refractivity contribution in [3.8, 4) is 11.3 Å². The summed E-state index contributed by atoms with van der Waals surface area (Å²) in [6.07, 6.45) is 6.16. The van der Waals surface area contributed by atoms with Gasteiger partial charge in [0.25, 0.3) is 0 Å². The third kappa shape index (κ3) is 3.65. The molecular weight excluding hydrogens is 401 g/mol. The molecule has 2 fully saturated rings. The van der Waals surface area contributed by atoms with Gasteiger partial charge in [0.15, 0.2) is 17.2 Å². The fourth-order valence-electron chi connectivity index (χ4n) is 4.73. The number of aliphatic carboxylic acids is 1. The van der Waals surface area contributed by atoms with Crippen LogP contribution < -0.4 is 4.90 Å². The molecule has 162 valence electrons. The zero-order valence-electron chi connectivity index (χ0n) is 17.3. The molecule has 1 saturated carbocycles. The number of fused-ring (bicyclic) bond motifs is 2. The Morgan fingerprint density at radius 3 is 3.10 bits per heavy atom. The van der Waals surface area contributed by atoms with Gasteiger partial charge in [0.1, 0.15) is 5.69 Å². The number of halogens is 1. The van der Waals surface area contributed by atoms with E-state index in [1.165, 1.54) is 12.3 Å². The highest BCUT2D eigenvalue weighted by Crippen LogP contribution is 2.49. The number of rotatable bonds is 7. The molecule has 7 nitrogen and oxygen atoms in total. The number of aromatic nitrogens is 2. The van der Waals surface area contributed by atoms with Crippen LogP contribution in [-0.2, 0) is 16.0 Å². The maximum atomic E-state index is 14.6. The van der Waals surface area contributed by atoms with Crippen molar-refractivity contribution in [2.24, 2.45) is 11.8 Å². The van der Waals surface area contributed by atoms with Crippen LogP contribution in [0.3, 0.4) is 0 Å². The molecule has 0 spiro atoms. The summed E-state index contributed by atoms with van der Waals surface area (Å²) in [4.78, 5) is 23.3. The molecule has 3 unspecified atom stereocenters. The van der Waals surface area contributed by atoms with Crippen molar-refractivity contribution in [3.63, 3.8) is 0 Å². The predicted molar refractivity (Wildman–Crippen MR) is 112 cm³/mol. The van der Waals surface area contributed by atoms with Crippen molar-refractivity contribution < 1.29 is 23.4 Å². The summed E-state index contributed by atoms with van der Waals surface area (Å²) < 4.78 is 25.0. The molecule has 3 heterocycles. The maximum absolute atomic E-state index is 14.6. The number of hydrogen-bond donors (Lipinski definition) is 1. The highest BCUT2D eigenvalue weighted by molar-refractivity contribution is 5.86. The van der Waals surface area contributed by atoms with Crippen molar-refractivity contribution in [2.45, 2.75) is 31.7 Å². The summed E-state index contributed by atoms with van der Waals surface area (Å²) >= 11 is 0. The monoisotopic (exact) mass is 425 g/mol. The van der Waals surface area contributed by atoms with Crippen LogP contribution in [0.15, 0.2) is 35.1 Å². The first-order valence-corrected chi connectivity index (χ1v) is 10.6. The van der Waals surface area contributed by atoms with Crippen molar-refractivity contribution >= 4 is 22.8 Å². The Hall–Kier alpha value is -3.00. The van der Waals surface area contributed by atoms with E-state index in [2.05, 4.69) is 9.88 Å². The average molecular weight is 425 g/mol. The van der Waals surface area contributed by atoms with Gasteiger partial charge >= 0.3 is 5.97 Å². The van der Waals surface area contributed by atoms with Gasteiger partial charge in [-0.25, -0.2) is 9.37 Å². The number of nitrogens with zero attached hydrogens (tertiary/aromatic N) is 3. The molecule has 8 heteroatoms. The van der Waals surface area contributed by atoms with Crippen molar-refractivity contribution in [3.05, 3.63) is 42.2 Å². The number of aryl methyl sites for hydroxylation is 1. The van der Waals surface area contributed by atoms with E-state index in [1.54, 1.807) is 19.4 Å². The van der Waals surface area contributed by atoms with Gasteiger partial charge in [-0.2, -0.15) is 0 Å². The van der Waals surface area contributed by atoms with E-state index in [4.69, 9.17) is 14.1 Å². The van der Waals surface area contributed by atoms with Gasteiger partial charge in [-0.1, -0.05) is 0 Å². The molecular formula is C23H24FN3O4. The average Bonchev–Trinajstić information content (AvgIpc) is 3.41. The van der Waals surface area contributed by atoms with Crippen LogP contribution in [0.1, 0.15) is 25.0 Å². The minimum Gasteiger partial charge on any atom is -0.481 e. The fourth-order valence-corrected chi connectivity index (χ4v) is 4.73. The maximum Gasteiger partial charge on any atom is 0.306 e. The second kappa shape index (κ2) is 7.92. The number of benzene rings is 1. The van der Waals surface area contributed by atoms with E-state index in [-0.39, 0.29) is 23.5 Å². The van der Waals surface area contributed by atoms with Crippen LogP contribution in [-0.4, -0.2) is 47.3 Å². The first kappa shape index (κ1) is 19.9. The molecule has 3 atom stereocenters. The van der Waals surface area contributed by atoms with Crippen LogP contribution in [0.5, 0.6) is 0 Å². The Labute approximate surface area is 178 Å². The van der Waals surface area contributed by atoms with Gasteiger partial charge in [0.05, 0.1) is 17.9 Å². The molecule has 5 rings (SSSR count). The summed E-state index contributed by atoms with van der Waals surface area (Å²) in [6, 6.07) is 5.15. The Bertz CT molecular complexity index is 1130. The summed E-state index contributed by atoms with van der Waals surface area (Å²) in [5.74, 6) is -0.635. The lowest BCUT2D eigenvalue weighted by Gasteiger charge is -2.32. The molecule has 1 aromatic carbocycles. The lowest BCUT2D eigenvalue weighted by atomic mass is 9.95. The van der Waals surface area contributed by atoms with Crippen LogP contribution in [0.2, 0.25) is 0 Å². The summed E-state index contributed by atoms with van der Waals surface area (Å²) in [6.45, 7) is 1.23. The van der Waals surface area contributed by atoms with E-state index in [1.807, 2.05) is 6.07 Å².